The van der Waals surface area contributed by atoms with Gasteiger partial charge in [0, 0.05) is 32.0 Å². The molecule has 3 aromatic rings. The van der Waals surface area contributed by atoms with Gasteiger partial charge in [-0.1, -0.05) is 30.0 Å². The van der Waals surface area contributed by atoms with E-state index in [0.717, 1.165) is 24.6 Å². The van der Waals surface area contributed by atoms with Crippen molar-refractivity contribution < 1.29 is 13.2 Å². The third kappa shape index (κ3) is 5.11. The number of sulfonamides is 1. The number of thiazole rings is 1. The fourth-order valence-corrected chi connectivity index (χ4v) is 5.50. The van der Waals surface area contributed by atoms with Crippen LogP contribution < -0.4 is 5.32 Å². The van der Waals surface area contributed by atoms with Gasteiger partial charge in [0.25, 0.3) is 0 Å². The summed E-state index contributed by atoms with van der Waals surface area (Å²) < 4.78 is 27.7. The first kappa shape index (κ1) is 20.8. The molecular weight excluding hydrogens is 414 g/mol. The number of hydrogen-bond donors (Lipinski definition) is 1. The van der Waals surface area contributed by atoms with Gasteiger partial charge in [-0.25, -0.2) is 17.7 Å². The quantitative estimate of drug-likeness (QED) is 0.426. The van der Waals surface area contributed by atoms with E-state index in [4.69, 9.17) is 0 Å². The summed E-state index contributed by atoms with van der Waals surface area (Å²) in [6, 6.07) is 14.3. The van der Waals surface area contributed by atoms with Crippen LogP contribution in [0.15, 0.2) is 57.8 Å². The number of nitrogens with zero attached hydrogens (tertiary/aromatic N) is 2. The minimum Gasteiger partial charge on any atom is -0.326 e. The molecule has 3 rings (SSSR count). The van der Waals surface area contributed by atoms with E-state index in [1.165, 1.54) is 26.2 Å². The number of hydrogen-bond acceptors (Lipinski definition) is 6. The first-order valence-corrected chi connectivity index (χ1v) is 11.9. The number of amides is 1. The average molecular weight is 436 g/mol. The van der Waals surface area contributed by atoms with Crippen molar-refractivity contribution in [2.24, 2.45) is 0 Å². The van der Waals surface area contributed by atoms with Crippen molar-refractivity contribution in [3.05, 3.63) is 48.5 Å². The molecule has 1 heterocycles. The molecule has 1 amide bonds. The van der Waals surface area contributed by atoms with E-state index < -0.39 is 10.0 Å². The van der Waals surface area contributed by atoms with Gasteiger partial charge >= 0.3 is 0 Å². The lowest BCUT2D eigenvalue weighted by atomic mass is 10.3. The van der Waals surface area contributed by atoms with Gasteiger partial charge in [-0.15, -0.1) is 11.3 Å². The van der Waals surface area contributed by atoms with E-state index in [1.54, 1.807) is 35.2 Å². The van der Waals surface area contributed by atoms with Gasteiger partial charge in [0.05, 0.1) is 15.1 Å². The lowest BCUT2D eigenvalue weighted by Gasteiger charge is -2.12. The molecule has 0 fully saturated rings. The Balaban J connectivity index is 1.49. The molecule has 0 saturated heterocycles. The van der Waals surface area contributed by atoms with E-state index in [2.05, 4.69) is 16.4 Å². The molecule has 0 aliphatic rings. The number of carbonyl (C=O) groups is 1. The van der Waals surface area contributed by atoms with Crippen LogP contribution >= 0.6 is 23.1 Å². The predicted molar refractivity (Wildman–Crippen MR) is 116 cm³/mol. The summed E-state index contributed by atoms with van der Waals surface area (Å²) in [6.45, 7) is 0. The zero-order valence-electron chi connectivity index (χ0n) is 15.6. The predicted octanol–water partition coefficient (Wildman–Crippen LogP) is 4.06. The molecule has 0 aliphatic heterocycles. The second kappa shape index (κ2) is 9.04. The molecule has 0 atom stereocenters. The van der Waals surface area contributed by atoms with E-state index in [9.17, 15) is 13.2 Å². The van der Waals surface area contributed by atoms with Crippen molar-refractivity contribution in [1.82, 2.24) is 9.29 Å². The maximum Gasteiger partial charge on any atom is 0.242 e. The van der Waals surface area contributed by atoms with Gasteiger partial charge in [-0.3, -0.25) is 4.79 Å². The van der Waals surface area contributed by atoms with Crippen molar-refractivity contribution in [3.8, 4) is 0 Å². The summed E-state index contributed by atoms with van der Waals surface area (Å²) in [5, 5.41) is 2.77. The van der Waals surface area contributed by atoms with Crippen LogP contribution in [-0.2, 0) is 14.8 Å². The summed E-state index contributed by atoms with van der Waals surface area (Å²) in [5.41, 5.74) is 1.48. The minimum absolute atomic E-state index is 0.135. The third-order valence-electron chi connectivity index (χ3n) is 3.94. The Bertz CT molecular complexity index is 1040. The Kier molecular flexibility index (Phi) is 6.71. The van der Waals surface area contributed by atoms with Crippen LogP contribution in [0, 0.1) is 0 Å². The fraction of sp³-hybridized carbons (Fsp3) is 0.263. The molecule has 1 aromatic heterocycles. The Morgan fingerprint density at radius 1 is 1.18 bits per heavy atom. The summed E-state index contributed by atoms with van der Waals surface area (Å²) in [7, 11) is -0.573. The molecule has 0 bridgehead atoms. The topological polar surface area (TPSA) is 79.4 Å². The number of fused-ring (bicyclic) bond motifs is 1. The molecule has 28 heavy (non-hydrogen) atoms. The number of rotatable bonds is 8. The molecule has 0 saturated carbocycles. The molecule has 2 aromatic carbocycles. The summed E-state index contributed by atoms with van der Waals surface area (Å²) >= 11 is 3.30. The van der Waals surface area contributed by atoms with E-state index in [-0.39, 0.29) is 10.8 Å². The Labute approximate surface area is 173 Å². The molecule has 0 radical (unpaired) electrons. The first-order valence-electron chi connectivity index (χ1n) is 8.67. The third-order valence-corrected chi connectivity index (χ3v) is 8.02. The number of carbonyl (C=O) groups excluding carboxylic acids is 1. The van der Waals surface area contributed by atoms with Crippen LogP contribution in [0.3, 0.4) is 0 Å². The number of nitrogens with one attached hydrogen (secondary N) is 1. The second-order valence-electron chi connectivity index (χ2n) is 6.26. The SMILES string of the molecule is CN(C)S(=O)(=O)c1cccc(NC(=O)CCCSc2nc3ccccc3s2)c1. The van der Waals surface area contributed by atoms with Crippen molar-refractivity contribution >= 4 is 54.9 Å². The minimum atomic E-state index is -3.53. The molecule has 6 nitrogen and oxygen atoms in total. The van der Waals surface area contributed by atoms with Crippen LogP contribution in [0.2, 0.25) is 0 Å². The zero-order chi connectivity index (χ0) is 20.1. The summed E-state index contributed by atoms with van der Waals surface area (Å²) in [6.07, 6.45) is 1.07. The van der Waals surface area contributed by atoms with Gasteiger partial charge in [-0.2, -0.15) is 0 Å². The highest BCUT2D eigenvalue weighted by atomic mass is 32.2. The molecule has 9 heteroatoms. The highest BCUT2D eigenvalue weighted by Gasteiger charge is 2.17. The standard InChI is InChI=1S/C19H21N3O3S3/c1-22(2)28(24,25)15-8-5-7-14(13-15)20-18(23)11-6-12-26-19-21-16-9-3-4-10-17(16)27-19/h3-5,7-10,13H,6,11-12H2,1-2H3,(H,20,23). The molecule has 0 spiro atoms. The summed E-state index contributed by atoms with van der Waals surface area (Å²) in [5.74, 6) is 0.659. The van der Waals surface area contributed by atoms with E-state index in [0.29, 0.717) is 18.5 Å². The number of thioether (sulfide) groups is 1. The van der Waals surface area contributed by atoms with E-state index in [1.807, 2.05) is 18.2 Å². The highest BCUT2D eigenvalue weighted by molar-refractivity contribution is 8.01. The van der Waals surface area contributed by atoms with Crippen LogP contribution in [0.4, 0.5) is 5.69 Å². The van der Waals surface area contributed by atoms with Crippen molar-refractivity contribution in [1.29, 1.82) is 0 Å². The Hall–Kier alpha value is -1.94. The van der Waals surface area contributed by atoms with Gasteiger partial charge in [0.15, 0.2) is 4.34 Å². The lowest BCUT2D eigenvalue weighted by Crippen LogP contribution is -2.22. The largest absolute Gasteiger partial charge is 0.326 e. The van der Waals surface area contributed by atoms with Gasteiger partial charge < -0.3 is 5.32 Å². The smallest absolute Gasteiger partial charge is 0.242 e. The highest BCUT2D eigenvalue weighted by Crippen LogP contribution is 2.29. The number of anilines is 1. The maximum absolute atomic E-state index is 12.2. The van der Waals surface area contributed by atoms with Crippen molar-refractivity contribution in [2.75, 3.05) is 25.2 Å². The molecule has 148 valence electrons. The van der Waals surface area contributed by atoms with Crippen molar-refractivity contribution in [3.63, 3.8) is 0 Å². The molecule has 0 aliphatic carbocycles. The lowest BCUT2D eigenvalue weighted by molar-refractivity contribution is -0.116. The number of aromatic nitrogens is 1. The molecule has 1 N–H and O–H groups in total. The van der Waals surface area contributed by atoms with E-state index >= 15 is 0 Å². The fourth-order valence-electron chi connectivity index (χ4n) is 2.47. The first-order chi connectivity index (χ1) is 13.4. The van der Waals surface area contributed by atoms with Gasteiger partial charge in [0.2, 0.25) is 15.9 Å². The number of benzene rings is 2. The van der Waals surface area contributed by atoms with Crippen LogP contribution in [-0.4, -0.2) is 43.5 Å². The second-order valence-corrected chi connectivity index (χ2v) is 10.8. The monoisotopic (exact) mass is 435 g/mol. The number of para-hydroxylation sites is 1. The zero-order valence-corrected chi connectivity index (χ0v) is 18.0. The van der Waals surface area contributed by atoms with Crippen LogP contribution in [0.5, 0.6) is 0 Å². The Morgan fingerprint density at radius 2 is 1.96 bits per heavy atom. The molecular formula is C19H21N3O3S3. The maximum atomic E-state index is 12.2. The average Bonchev–Trinajstić information content (AvgIpc) is 3.08. The van der Waals surface area contributed by atoms with Crippen LogP contribution in [0.25, 0.3) is 10.2 Å². The normalized spacial score (nSPS) is 11.8. The van der Waals surface area contributed by atoms with Crippen molar-refractivity contribution in [2.45, 2.75) is 22.1 Å². The van der Waals surface area contributed by atoms with Gasteiger partial charge in [0.1, 0.15) is 0 Å². The Morgan fingerprint density at radius 3 is 2.71 bits per heavy atom. The summed E-state index contributed by atoms with van der Waals surface area (Å²) in [4.78, 5) is 16.9. The molecule has 0 unspecified atom stereocenters. The van der Waals surface area contributed by atoms with Gasteiger partial charge in [-0.05, 0) is 36.8 Å². The van der Waals surface area contributed by atoms with Crippen LogP contribution in [0.1, 0.15) is 12.8 Å².